The highest BCUT2D eigenvalue weighted by Crippen LogP contribution is 2.23. The maximum absolute atomic E-state index is 12.5. The molecule has 1 aliphatic heterocycles. The highest BCUT2D eigenvalue weighted by Gasteiger charge is 2.45. The Labute approximate surface area is 213 Å². The molecule has 0 radical (unpaired) electrons. The number of nitrogens with zero attached hydrogens (tertiary/aromatic N) is 2. The van der Waals surface area contributed by atoms with Crippen molar-refractivity contribution in [3.8, 4) is 0 Å². The fourth-order valence-electron chi connectivity index (χ4n) is 3.85. The number of hydrogen-bond donors (Lipinski definition) is 3. The lowest BCUT2D eigenvalue weighted by Gasteiger charge is -2.21. The third-order valence-corrected chi connectivity index (χ3v) is 6.00. The van der Waals surface area contributed by atoms with Crippen LogP contribution in [0.3, 0.4) is 0 Å². The van der Waals surface area contributed by atoms with Gasteiger partial charge in [-0.2, -0.15) is 0 Å². The molecular weight excluding hydrogens is 529 g/mol. The summed E-state index contributed by atoms with van der Waals surface area (Å²) in [5.41, 5.74) is 1.68. The molecule has 0 bridgehead atoms. The molecule has 3 N–H and O–H groups in total. The van der Waals surface area contributed by atoms with E-state index in [1.165, 1.54) is 16.0 Å². The maximum atomic E-state index is 12.5. The van der Waals surface area contributed by atoms with Crippen molar-refractivity contribution in [1.82, 2.24) is 20.9 Å². The van der Waals surface area contributed by atoms with Crippen LogP contribution >= 0.6 is 24.0 Å². The number of carbonyl (C=O) groups is 2. The quantitative estimate of drug-likeness (QED) is 0.143. The van der Waals surface area contributed by atoms with Crippen molar-refractivity contribution in [2.24, 2.45) is 4.99 Å². The van der Waals surface area contributed by atoms with E-state index in [9.17, 15) is 9.59 Å². The van der Waals surface area contributed by atoms with E-state index in [0.717, 1.165) is 0 Å². The summed E-state index contributed by atoms with van der Waals surface area (Å²) < 4.78 is 0. The third kappa shape index (κ3) is 6.69. The summed E-state index contributed by atoms with van der Waals surface area (Å²) in [5, 5.41) is 9.48. The number of imide groups is 1. The monoisotopic (exact) mass is 563 g/mol. The van der Waals surface area contributed by atoms with Gasteiger partial charge in [0.15, 0.2) is 5.96 Å². The third-order valence-electron chi connectivity index (χ3n) is 6.00. The summed E-state index contributed by atoms with van der Waals surface area (Å²) >= 11 is 0. The Balaban J connectivity index is 0.00000385. The van der Waals surface area contributed by atoms with Gasteiger partial charge >= 0.3 is 6.03 Å². The molecule has 0 aliphatic carbocycles. The van der Waals surface area contributed by atoms with Crippen LogP contribution in [-0.2, 0) is 4.79 Å². The Hall–Kier alpha value is -2.62. The molecule has 33 heavy (non-hydrogen) atoms. The van der Waals surface area contributed by atoms with Crippen molar-refractivity contribution in [3.05, 3.63) is 71.8 Å². The first-order valence-corrected chi connectivity index (χ1v) is 11.2. The Morgan fingerprint density at radius 3 is 2.09 bits per heavy atom. The zero-order valence-corrected chi connectivity index (χ0v) is 21.8. The van der Waals surface area contributed by atoms with E-state index < -0.39 is 5.54 Å². The molecule has 1 unspecified atom stereocenters. The van der Waals surface area contributed by atoms with Gasteiger partial charge in [0.25, 0.3) is 5.91 Å². The lowest BCUT2D eigenvalue weighted by Crippen LogP contribution is -2.43. The van der Waals surface area contributed by atoms with Crippen LogP contribution in [-0.4, -0.2) is 55.0 Å². The predicted molar refractivity (Wildman–Crippen MR) is 143 cm³/mol. The standard InChI is InChI=1S/C25H33N5O2.HI/c1-4-25(2)22(31)30(24(32)29-25)17-11-16-27-23(26-3)28-18-21(19-12-7-5-8-13-19)20-14-9-6-10-15-20;/h5-10,12-15,21H,4,11,16-18H2,1-3H3,(H,29,32)(H2,26,27,28);1H. The van der Waals surface area contributed by atoms with E-state index >= 15 is 0 Å². The number of carbonyl (C=O) groups excluding carboxylic acids is 2. The van der Waals surface area contributed by atoms with Gasteiger partial charge in [0.05, 0.1) is 0 Å². The molecular formula is C25H34IN5O2. The molecule has 178 valence electrons. The highest BCUT2D eigenvalue weighted by molar-refractivity contribution is 14.0. The minimum Gasteiger partial charge on any atom is -0.356 e. The number of hydrogen-bond acceptors (Lipinski definition) is 3. The van der Waals surface area contributed by atoms with Crippen LogP contribution in [0, 0.1) is 0 Å². The van der Waals surface area contributed by atoms with E-state index in [4.69, 9.17) is 0 Å². The maximum Gasteiger partial charge on any atom is 0.325 e. The topological polar surface area (TPSA) is 85.8 Å². The van der Waals surface area contributed by atoms with Gasteiger partial charge in [-0.1, -0.05) is 67.6 Å². The fourth-order valence-corrected chi connectivity index (χ4v) is 3.85. The van der Waals surface area contributed by atoms with Gasteiger partial charge < -0.3 is 16.0 Å². The van der Waals surface area contributed by atoms with E-state index in [0.29, 0.717) is 38.4 Å². The van der Waals surface area contributed by atoms with Crippen LogP contribution in [0.15, 0.2) is 65.7 Å². The number of rotatable bonds is 9. The first kappa shape index (κ1) is 26.6. The highest BCUT2D eigenvalue weighted by atomic mass is 127. The van der Waals surface area contributed by atoms with Crippen molar-refractivity contribution < 1.29 is 9.59 Å². The minimum absolute atomic E-state index is 0. The molecule has 3 amide bonds. The summed E-state index contributed by atoms with van der Waals surface area (Å²) in [6, 6.07) is 20.5. The average Bonchev–Trinajstić information content (AvgIpc) is 3.05. The summed E-state index contributed by atoms with van der Waals surface area (Å²) in [7, 11) is 1.74. The fraction of sp³-hybridized carbons (Fsp3) is 0.400. The van der Waals surface area contributed by atoms with Crippen molar-refractivity contribution in [3.63, 3.8) is 0 Å². The van der Waals surface area contributed by atoms with Crippen molar-refractivity contribution >= 4 is 41.9 Å². The van der Waals surface area contributed by atoms with Crippen LogP contribution in [0.5, 0.6) is 0 Å². The number of nitrogens with one attached hydrogen (secondary N) is 3. The minimum atomic E-state index is -0.786. The van der Waals surface area contributed by atoms with Gasteiger partial charge in [0, 0.05) is 32.6 Å². The van der Waals surface area contributed by atoms with Crippen molar-refractivity contribution in [2.45, 2.75) is 38.1 Å². The van der Waals surface area contributed by atoms with Crippen molar-refractivity contribution in [1.29, 1.82) is 0 Å². The second kappa shape index (κ2) is 12.6. The van der Waals surface area contributed by atoms with Gasteiger partial charge in [-0.25, -0.2) is 4.79 Å². The van der Waals surface area contributed by atoms with Gasteiger partial charge in [-0.15, -0.1) is 24.0 Å². The van der Waals surface area contributed by atoms with E-state index in [2.05, 4.69) is 69.5 Å². The molecule has 0 saturated carbocycles. The Bertz CT molecular complexity index is 899. The number of urea groups is 1. The summed E-state index contributed by atoms with van der Waals surface area (Å²) in [6.07, 6.45) is 1.22. The summed E-state index contributed by atoms with van der Waals surface area (Å²) in [4.78, 5) is 30.2. The smallest absolute Gasteiger partial charge is 0.325 e. The van der Waals surface area contributed by atoms with Crippen LogP contribution in [0.4, 0.5) is 4.79 Å². The molecule has 0 spiro atoms. The molecule has 0 aromatic heterocycles. The number of amides is 3. The molecule has 7 nitrogen and oxygen atoms in total. The lowest BCUT2D eigenvalue weighted by molar-refractivity contribution is -0.130. The molecule has 1 saturated heterocycles. The van der Waals surface area contributed by atoms with Gasteiger partial charge in [-0.3, -0.25) is 14.7 Å². The van der Waals surface area contributed by atoms with Crippen LogP contribution in [0.25, 0.3) is 0 Å². The zero-order valence-electron chi connectivity index (χ0n) is 19.5. The summed E-state index contributed by atoms with van der Waals surface area (Å²) in [5.74, 6) is 0.729. The molecule has 1 atom stereocenters. The number of aliphatic imine (C=N–C) groups is 1. The lowest BCUT2D eigenvalue weighted by atomic mass is 9.91. The molecule has 1 aliphatic rings. The number of benzene rings is 2. The second-order valence-corrected chi connectivity index (χ2v) is 8.18. The Morgan fingerprint density at radius 2 is 1.61 bits per heavy atom. The molecule has 2 aromatic rings. The van der Waals surface area contributed by atoms with Crippen LogP contribution in [0.2, 0.25) is 0 Å². The van der Waals surface area contributed by atoms with Gasteiger partial charge in [-0.05, 0) is 30.9 Å². The molecule has 1 heterocycles. The van der Waals surface area contributed by atoms with Crippen LogP contribution in [0.1, 0.15) is 43.7 Å². The largest absolute Gasteiger partial charge is 0.356 e. The summed E-state index contributed by atoms with van der Waals surface area (Å²) in [6.45, 7) is 5.33. The first-order chi connectivity index (χ1) is 15.5. The van der Waals surface area contributed by atoms with Crippen LogP contribution < -0.4 is 16.0 Å². The molecule has 3 rings (SSSR count). The SMILES string of the molecule is CCC1(C)NC(=O)N(CCCNC(=NC)NCC(c2ccccc2)c2ccccc2)C1=O.I. The zero-order chi connectivity index (χ0) is 23.0. The van der Waals surface area contributed by atoms with Gasteiger partial charge in [0.2, 0.25) is 0 Å². The Kier molecular flexibility index (Phi) is 10.1. The second-order valence-electron chi connectivity index (χ2n) is 8.18. The molecule has 2 aromatic carbocycles. The number of guanidine groups is 1. The van der Waals surface area contributed by atoms with E-state index in [1.54, 1.807) is 14.0 Å². The Morgan fingerprint density at radius 1 is 1.03 bits per heavy atom. The predicted octanol–water partition coefficient (Wildman–Crippen LogP) is 3.71. The van der Waals surface area contributed by atoms with Gasteiger partial charge in [0.1, 0.15) is 5.54 Å². The normalized spacial score (nSPS) is 18.2. The first-order valence-electron chi connectivity index (χ1n) is 11.2. The average molecular weight is 563 g/mol. The molecule has 1 fully saturated rings. The van der Waals surface area contributed by atoms with E-state index in [1.807, 2.05) is 19.1 Å². The number of halogens is 1. The van der Waals surface area contributed by atoms with Crippen molar-refractivity contribution in [2.75, 3.05) is 26.7 Å². The molecule has 8 heteroatoms. The van der Waals surface area contributed by atoms with E-state index in [-0.39, 0.29) is 41.8 Å².